The quantitative estimate of drug-likeness (QED) is 0.601. The summed E-state index contributed by atoms with van der Waals surface area (Å²) in [6, 6.07) is 1.02. The van der Waals surface area contributed by atoms with E-state index in [0.29, 0.717) is 12.1 Å². The molecule has 2 saturated heterocycles. The molecule has 2 heterocycles. The maximum atomic E-state index is 11.4. The van der Waals surface area contributed by atoms with Gasteiger partial charge < -0.3 is 15.0 Å². The highest BCUT2D eigenvalue weighted by molar-refractivity contribution is 5.67. The Kier molecular flexibility index (Phi) is 3.11. The molecule has 0 bridgehead atoms. The molecule has 0 aliphatic carbocycles. The molecule has 2 fully saturated rings. The second-order valence-electron chi connectivity index (χ2n) is 4.31. The van der Waals surface area contributed by atoms with Crippen LogP contribution >= 0.6 is 0 Å². The van der Waals surface area contributed by atoms with Gasteiger partial charge in [-0.1, -0.05) is 0 Å². The van der Waals surface area contributed by atoms with E-state index < -0.39 is 0 Å². The van der Waals surface area contributed by atoms with E-state index in [1.54, 1.807) is 4.90 Å². The number of amides is 1. The third-order valence-corrected chi connectivity index (χ3v) is 3.35. The van der Waals surface area contributed by atoms with Gasteiger partial charge in [-0.15, -0.1) is 0 Å². The van der Waals surface area contributed by atoms with Gasteiger partial charge in [-0.05, 0) is 6.92 Å². The van der Waals surface area contributed by atoms with E-state index in [1.807, 2.05) is 0 Å². The van der Waals surface area contributed by atoms with Gasteiger partial charge in [0.25, 0.3) is 0 Å². The Morgan fingerprint density at radius 1 is 1.40 bits per heavy atom. The Labute approximate surface area is 90.4 Å². The van der Waals surface area contributed by atoms with Crippen molar-refractivity contribution < 1.29 is 9.53 Å². The van der Waals surface area contributed by atoms with Crippen LogP contribution in [0.5, 0.6) is 0 Å². The molecule has 2 aliphatic rings. The molecule has 5 nitrogen and oxygen atoms in total. The summed E-state index contributed by atoms with van der Waals surface area (Å²) in [6.07, 6.45) is -0.201. The van der Waals surface area contributed by atoms with Crippen molar-refractivity contribution in [1.82, 2.24) is 15.1 Å². The first-order valence-electron chi connectivity index (χ1n) is 5.51. The Morgan fingerprint density at radius 2 is 2.20 bits per heavy atom. The molecule has 0 radical (unpaired) electrons. The van der Waals surface area contributed by atoms with Crippen molar-refractivity contribution in [3.63, 3.8) is 0 Å². The van der Waals surface area contributed by atoms with Crippen LogP contribution in [0.1, 0.15) is 6.92 Å². The van der Waals surface area contributed by atoms with Crippen LogP contribution in [0, 0.1) is 0 Å². The zero-order valence-corrected chi connectivity index (χ0v) is 9.40. The van der Waals surface area contributed by atoms with E-state index in [-0.39, 0.29) is 6.09 Å². The average Bonchev–Trinajstić information content (AvgIpc) is 2.28. The van der Waals surface area contributed by atoms with Crippen molar-refractivity contribution in [3.8, 4) is 0 Å². The molecular formula is C10H19N3O2. The second-order valence-corrected chi connectivity index (χ2v) is 4.31. The fourth-order valence-corrected chi connectivity index (χ4v) is 2.50. The second kappa shape index (κ2) is 4.37. The Hall–Kier alpha value is -0.810. The fourth-order valence-electron chi connectivity index (χ4n) is 2.50. The molecule has 2 unspecified atom stereocenters. The summed E-state index contributed by atoms with van der Waals surface area (Å²) in [5.41, 5.74) is 0. The van der Waals surface area contributed by atoms with Crippen molar-refractivity contribution in [1.29, 1.82) is 0 Å². The monoisotopic (exact) mass is 213 g/mol. The molecule has 15 heavy (non-hydrogen) atoms. The summed E-state index contributed by atoms with van der Waals surface area (Å²) in [7, 11) is 1.44. The van der Waals surface area contributed by atoms with Gasteiger partial charge in [-0.25, -0.2) is 4.79 Å². The minimum absolute atomic E-state index is 0.201. The fraction of sp³-hybridized carbons (Fsp3) is 0.900. The molecule has 0 saturated carbocycles. The highest BCUT2D eigenvalue weighted by Crippen LogP contribution is 2.16. The predicted octanol–water partition coefficient (Wildman–Crippen LogP) is -0.269. The first-order chi connectivity index (χ1) is 7.22. The summed E-state index contributed by atoms with van der Waals surface area (Å²) in [4.78, 5) is 15.7. The lowest BCUT2D eigenvalue weighted by Crippen LogP contribution is -2.64. The number of nitrogens with zero attached hydrogens (tertiary/aromatic N) is 2. The van der Waals surface area contributed by atoms with Crippen LogP contribution in [0.3, 0.4) is 0 Å². The maximum Gasteiger partial charge on any atom is 0.409 e. The van der Waals surface area contributed by atoms with Crippen molar-refractivity contribution in [2.75, 3.05) is 39.8 Å². The molecule has 2 rings (SSSR count). The van der Waals surface area contributed by atoms with E-state index in [4.69, 9.17) is 4.74 Å². The van der Waals surface area contributed by atoms with E-state index >= 15 is 0 Å². The lowest BCUT2D eigenvalue weighted by atomic mass is 10.1. The van der Waals surface area contributed by atoms with E-state index in [2.05, 4.69) is 17.1 Å². The number of methoxy groups -OCH3 is 1. The molecular weight excluding hydrogens is 194 g/mol. The predicted molar refractivity (Wildman–Crippen MR) is 56.8 cm³/mol. The number of fused-ring (bicyclic) bond motifs is 1. The van der Waals surface area contributed by atoms with E-state index in [9.17, 15) is 4.79 Å². The third kappa shape index (κ3) is 2.08. The zero-order chi connectivity index (χ0) is 10.8. The largest absolute Gasteiger partial charge is 0.453 e. The molecule has 0 aromatic carbocycles. The lowest BCUT2D eigenvalue weighted by molar-refractivity contribution is 0.0242. The van der Waals surface area contributed by atoms with Crippen LogP contribution in [-0.4, -0.2) is 67.8 Å². The highest BCUT2D eigenvalue weighted by Gasteiger charge is 2.34. The van der Waals surface area contributed by atoms with Crippen LogP contribution in [0.15, 0.2) is 0 Å². The van der Waals surface area contributed by atoms with Gasteiger partial charge in [0.05, 0.1) is 7.11 Å². The number of piperazine rings is 2. The number of carbonyl (C=O) groups is 1. The standard InChI is InChI=1S/C10H19N3O2/c1-8-5-11-6-9-7-12(10(14)15-2)3-4-13(8)9/h8-9,11H,3-7H2,1-2H3. The molecule has 1 amide bonds. The highest BCUT2D eigenvalue weighted by atomic mass is 16.5. The van der Waals surface area contributed by atoms with Crippen molar-refractivity contribution in [3.05, 3.63) is 0 Å². The van der Waals surface area contributed by atoms with Crippen LogP contribution in [0.25, 0.3) is 0 Å². The van der Waals surface area contributed by atoms with Gasteiger partial charge in [0, 0.05) is 44.8 Å². The van der Waals surface area contributed by atoms with Crippen LogP contribution in [-0.2, 0) is 4.74 Å². The minimum atomic E-state index is -0.201. The molecule has 0 spiro atoms. The lowest BCUT2D eigenvalue weighted by Gasteiger charge is -2.47. The number of ether oxygens (including phenoxy) is 1. The summed E-state index contributed by atoms with van der Waals surface area (Å²) < 4.78 is 4.74. The average molecular weight is 213 g/mol. The summed E-state index contributed by atoms with van der Waals surface area (Å²) in [5, 5.41) is 3.39. The first kappa shape index (κ1) is 10.7. The van der Waals surface area contributed by atoms with Gasteiger partial charge in [-0.3, -0.25) is 4.90 Å². The van der Waals surface area contributed by atoms with E-state index in [1.165, 1.54) is 7.11 Å². The van der Waals surface area contributed by atoms with Crippen LogP contribution in [0.2, 0.25) is 0 Å². The number of hydrogen-bond acceptors (Lipinski definition) is 4. The maximum absolute atomic E-state index is 11.4. The normalized spacial score (nSPS) is 32.3. The van der Waals surface area contributed by atoms with Crippen molar-refractivity contribution in [2.24, 2.45) is 0 Å². The first-order valence-corrected chi connectivity index (χ1v) is 5.51. The third-order valence-electron chi connectivity index (χ3n) is 3.35. The number of hydrogen-bond donors (Lipinski definition) is 1. The van der Waals surface area contributed by atoms with Gasteiger partial charge in [0.2, 0.25) is 0 Å². The Bertz CT molecular complexity index is 247. The molecule has 2 aliphatic heterocycles. The molecule has 5 heteroatoms. The molecule has 0 aromatic heterocycles. The molecule has 1 N–H and O–H groups in total. The Morgan fingerprint density at radius 3 is 2.93 bits per heavy atom. The zero-order valence-electron chi connectivity index (χ0n) is 9.40. The number of rotatable bonds is 0. The summed E-state index contributed by atoms with van der Waals surface area (Å²) in [5.74, 6) is 0. The van der Waals surface area contributed by atoms with Gasteiger partial charge in [0.1, 0.15) is 0 Å². The van der Waals surface area contributed by atoms with Crippen LogP contribution < -0.4 is 5.32 Å². The van der Waals surface area contributed by atoms with Crippen molar-refractivity contribution in [2.45, 2.75) is 19.0 Å². The van der Waals surface area contributed by atoms with Crippen LogP contribution in [0.4, 0.5) is 4.79 Å². The number of nitrogens with one attached hydrogen (secondary N) is 1. The number of carbonyl (C=O) groups excluding carboxylic acids is 1. The molecule has 0 aromatic rings. The van der Waals surface area contributed by atoms with E-state index in [0.717, 1.165) is 32.7 Å². The SMILES string of the molecule is COC(=O)N1CCN2C(C)CNCC2C1. The Balaban J connectivity index is 1.96. The summed E-state index contributed by atoms with van der Waals surface area (Å²) in [6.45, 7) is 6.78. The summed E-state index contributed by atoms with van der Waals surface area (Å²) >= 11 is 0. The minimum Gasteiger partial charge on any atom is -0.453 e. The van der Waals surface area contributed by atoms with Gasteiger partial charge in [0.15, 0.2) is 0 Å². The van der Waals surface area contributed by atoms with Gasteiger partial charge >= 0.3 is 6.09 Å². The van der Waals surface area contributed by atoms with Gasteiger partial charge in [-0.2, -0.15) is 0 Å². The smallest absolute Gasteiger partial charge is 0.409 e. The topological polar surface area (TPSA) is 44.8 Å². The molecule has 2 atom stereocenters. The molecule has 86 valence electrons. The van der Waals surface area contributed by atoms with Crippen molar-refractivity contribution >= 4 is 6.09 Å².